The second-order valence-corrected chi connectivity index (χ2v) is 7.64. The van der Waals surface area contributed by atoms with Gasteiger partial charge in [0.1, 0.15) is 5.69 Å². The molecule has 6 heteroatoms. The minimum absolute atomic E-state index is 0.104. The quantitative estimate of drug-likeness (QED) is 0.491. The zero-order valence-corrected chi connectivity index (χ0v) is 16.5. The predicted molar refractivity (Wildman–Crippen MR) is 114 cm³/mol. The van der Waals surface area contributed by atoms with Crippen molar-refractivity contribution in [3.8, 4) is 21.7 Å². The zero-order valence-electron chi connectivity index (χ0n) is 15.7. The standard InChI is InChI=1S/C22H20N4OS/c1-15(2)26-18(13-14-23-26)21(27)25-22-24-19(16-9-5-3-6-10-16)20(28-22)17-11-7-4-8-12-17/h3-15H,1-2H3,(H,24,25,27). The van der Waals surface area contributed by atoms with Gasteiger partial charge < -0.3 is 0 Å². The van der Waals surface area contributed by atoms with Crippen LogP contribution in [-0.2, 0) is 0 Å². The summed E-state index contributed by atoms with van der Waals surface area (Å²) in [5, 5.41) is 7.75. The lowest BCUT2D eigenvalue weighted by Crippen LogP contribution is -2.18. The van der Waals surface area contributed by atoms with E-state index in [1.54, 1.807) is 16.9 Å². The first-order valence-electron chi connectivity index (χ1n) is 9.10. The topological polar surface area (TPSA) is 59.8 Å². The molecule has 4 aromatic rings. The van der Waals surface area contributed by atoms with Gasteiger partial charge in [-0.1, -0.05) is 72.0 Å². The third kappa shape index (κ3) is 3.59. The number of carbonyl (C=O) groups is 1. The first kappa shape index (κ1) is 18.1. The van der Waals surface area contributed by atoms with Crippen molar-refractivity contribution in [1.29, 1.82) is 0 Å². The fourth-order valence-electron chi connectivity index (χ4n) is 3.02. The van der Waals surface area contributed by atoms with E-state index in [0.29, 0.717) is 10.8 Å². The Hall–Kier alpha value is -3.25. The van der Waals surface area contributed by atoms with Crippen molar-refractivity contribution in [3.05, 3.63) is 78.6 Å². The van der Waals surface area contributed by atoms with E-state index in [-0.39, 0.29) is 11.9 Å². The van der Waals surface area contributed by atoms with Crippen molar-refractivity contribution in [1.82, 2.24) is 14.8 Å². The summed E-state index contributed by atoms with van der Waals surface area (Å²) in [7, 11) is 0. The van der Waals surface area contributed by atoms with Gasteiger partial charge in [0, 0.05) is 17.8 Å². The third-order valence-corrected chi connectivity index (χ3v) is 5.34. The molecule has 0 spiro atoms. The highest BCUT2D eigenvalue weighted by atomic mass is 32.1. The molecule has 0 radical (unpaired) electrons. The number of thiazole rings is 1. The number of benzene rings is 2. The number of amides is 1. The molecular formula is C22H20N4OS. The van der Waals surface area contributed by atoms with Crippen molar-refractivity contribution in [2.24, 2.45) is 0 Å². The average Bonchev–Trinajstić information content (AvgIpc) is 3.37. The van der Waals surface area contributed by atoms with E-state index in [0.717, 1.165) is 21.7 Å². The number of nitrogens with zero attached hydrogens (tertiary/aromatic N) is 3. The van der Waals surface area contributed by atoms with Gasteiger partial charge in [0.2, 0.25) is 0 Å². The Morgan fingerprint density at radius 1 is 0.964 bits per heavy atom. The second kappa shape index (κ2) is 7.78. The molecule has 0 unspecified atom stereocenters. The van der Waals surface area contributed by atoms with E-state index < -0.39 is 0 Å². The van der Waals surface area contributed by atoms with Crippen LogP contribution in [0, 0.1) is 0 Å². The van der Waals surface area contributed by atoms with Crippen LogP contribution in [0.1, 0.15) is 30.4 Å². The molecule has 0 aliphatic rings. The van der Waals surface area contributed by atoms with Crippen LogP contribution in [0.5, 0.6) is 0 Å². The second-order valence-electron chi connectivity index (χ2n) is 6.64. The monoisotopic (exact) mass is 388 g/mol. The molecule has 28 heavy (non-hydrogen) atoms. The van der Waals surface area contributed by atoms with Gasteiger partial charge >= 0.3 is 0 Å². The predicted octanol–water partition coefficient (Wildman–Crippen LogP) is 5.51. The minimum Gasteiger partial charge on any atom is -0.296 e. The van der Waals surface area contributed by atoms with Gasteiger partial charge in [-0.05, 0) is 25.5 Å². The Morgan fingerprint density at radius 3 is 2.25 bits per heavy atom. The third-order valence-electron chi connectivity index (χ3n) is 4.32. The summed E-state index contributed by atoms with van der Waals surface area (Å²) in [4.78, 5) is 18.6. The molecule has 5 nitrogen and oxygen atoms in total. The molecule has 0 saturated carbocycles. The van der Waals surface area contributed by atoms with E-state index in [9.17, 15) is 4.79 Å². The molecule has 1 amide bonds. The van der Waals surface area contributed by atoms with Crippen LogP contribution in [0.2, 0.25) is 0 Å². The van der Waals surface area contributed by atoms with E-state index in [4.69, 9.17) is 4.98 Å². The van der Waals surface area contributed by atoms with Gasteiger partial charge in [-0.15, -0.1) is 0 Å². The molecule has 0 atom stereocenters. The lowest BCUT2D eigenvalue weighted by atomic mass is 10.1. The summed E-state index contributed by atoms with van der Waals surface area (Å²) < 4.78 is 1.71. The lowest BCUT2D eigenvalue weighted by Gasteiger charge is -2.09. The maximum absolute atomic E-state index is 12.8. The molecule has 0 saturated heterocycles. The number of aromatic nitrogens is 3. The Kier molecular flexibility index (Phi) is 5.04. The van der Waals surface area contributed by atoms with Gasteiger partial charge in [-0.25, -0.2) is 4.98 Å². The molecule has 0 bridgehead atoms. The molecule has 0 fully saturated rings. The summed E-state index contributed by atoms with van der Waals surface area (Å²) in [5.74, 6) is -0.209. The summed E-state index contributed by atoms with van der Waals surface area (Å²) in [6.45, 7) is 3.99. The Morgan fingerprint density at radius 2 is 1.61 bits per heavy atom. The minimum atomic E-state index is -0.209. The summed E-state index contributed by atoms with van der Waals surface area (Å²) in [5.41, 5.74) is 3.48. The van der Waals surface area contributed by atoms with Crippen LogP contribution in [0.3, 0.4) is 0 Å². The van der Waals surface area contributed by atoms with Crippen molar-refractivity contribution in [2.75, 3.05) is 5.32 Å². The number of nitrogens with one attached hydrogen (secondary N) is 1. The molecule has 0 aliphatic carbocycles. The average molecular weight is 388 g/mol. The Labute approximate surface area is 167 Å². The highest BCUT2D eigenvalue weighted by Gasteiger charge is 2.19. The van der Waals surface area contributed by atoms with E-state index in [1.807, 2.05) is 62.4 Å². The van der Waals surface area contributed by atoms with Crippen LogP contribution in [0.25, 0.3) is 21.7 Å². The molecule has 2 aromatic heterocycles. The Bertz CT molecular complexity index is 1030. The molecule has 2 aromatic carbocycles. The van der Waals surface area contributed by atoms with Gasteiger partial charge in [-0.3, -0.25) is 14.8 Å². The highest BCUT2D eigenvalue weighted by Crippen LogP contribution is 2.39. The summed E-state index contributed by atoms with van der Waals surface area (Å²) in [6, 6.07) is 21.9. The van der Waals surface area contributed by atoms with Crippen molar-refractivity contribution < 1.29 is 4.79 Å². The van der Waals surface area contributed by atoms with E-state index in [1.165, 1.54) is 11.3 Å². The lowest BCUT2D eigenvalue weighted by molar-refractivity contribution is 0.101. The van der Waals surface area contributed by atoms with Gasteiger partial charge in [0.15, 0.2) is 5.13 Å². The van der Waals surface area contributed by atoms with Crippen LogP contribution in [0.15, 0.2) is 72.9 Å². The van der Waals surface area contributed by atoms with Gasteiger partial charge in [0.05, 0.1) is 10.6 Å². The van der Waals surface area contributed by atoms with Gasteiger partial charge in [-0.2, -0.15) is 5.10 Å². The fraction of sp³-hybridized carbons (Fsp3) is 0.136. The molecule has 0 aliphatic heterocycles. The zero-order chi connectivity index (χ0) is 19.5. The summed E-state index contributed by atoms with van der Waals surface area (Å²) in [6.07, 6.45) is 1.64. The first-order valence-corrected chi connectivity index (χ1v) is 9.91. The number of carbonyl (C=O) groups excluding carboxylic acids is 1. The fourth-order valence-corrected chi connectivity index (χ4v) is 4.01. The molecule has 1 N–H and O–H groups in total. The first-order chi connectivity index (χ1) is 13.6. The van der Waals surface area contributed by atoms with Crippen molar-refractivity contribution >= 4 is 22.4 Å². The van der Waals surface area contributed by atoms with Gasteiger partial charge in [0.25, 0.3) is 5.91 Å². The van der Waals surface area contributed by atoms with Crippen LogP contribution < -0.4 is 5.32 Å². The highest BCUT2D eigenvalue weighted by molar-refractivity contribution is 7.19. The van der Waals surface area contributed by atoms with E-state index in [2.05, 4.69) is 22.5 Å². The smallest absolute Gasteiger partial charge is 0.275 e. The normalized spacial score (nSPS) is 11.0. The van der Waals surface area contributed by atoms with Crippen molar-refractivity contribution in [3.63, 3.8) is 0 Å². The van der Waals surface area contributed by atoms with Crippen molar-refractivity contribution in [2.45, 2.75) is 19.9 Å². The SMILES string of the molecule is CC(C)n1nccc1C(=O)Nc1nc(-c2ccccc2)c(-c2ccccc2)s1. The van der Waals surface area contributed by atoms with Crippen LogP contribution in [-0.4, -0.2) is 20.7 Å². The molecule has 4 rings (SSSR count). The molecular weight excluding hydrogens is 368 g/mol. The molecule has 140 valence electrons. The number of rotatable bonds is 5. The maximum Gasteiger partial charge on any atom is 0.275 e. The number of hydrogen-bond acceptors (Lipinski definition) is 4. The van der Waals surface area contributed by atoms with Crippen LogP contribution >= 0.6 is 11.3 Å². The number of hydrogen-bond donors (Lipinski definition) is 1. The van der Waals surface area contributed by atoms with Crippen LogP contribution in [0.4, 0.5) is 5.13 Å². The summed E-state index contributed by atoms with van der Waals surface area (Å²) >= 11 is 1.47. The maximum atomic E-state index is 12.8. The molecule has 2 heterocycles. The number of anilines is 1. The largest absolute Gasteiger partial charge is 0.296 e. The Balaban J connectivity index is 1.72. The van der Waals surface area contributed by atoms with E-state index >= 15 is 0 Å².